The molecule has 1 fully saturated rings. The highest BCUT2D eigenvalue weighted by atomic mass is 16.5. The Kier molecular flexibility index (Phi) is 4.85. The zero-order chi connectivity index (χ0) is 19.6. The molecule has 0 bridgehead atoms. The van der Waals surface area contributed by atoms with Crippen LogP contribution in [-0.4, -0.2) is 30.9 Å². The first-order valence-corrected chi connectivity index (χ1v) is 8.07. The van der Waals surface area contributed by atoms with Crippen LogP contribution in [0.1, 0.15) is 21.5 Å². The van der Waals surface area contributed by atoms with Gasteiger partial charge in [0, 0.05) is 0 Å². The van der Waals surface area contributed by atoms with Crippen molar-refractivity contribution in [3.63, 3.8) is 0 Å². The Morgan fingerprint density at radius 3 is 2.41 bits per heavy atom. The number of aryl methyl sites for hydroxylation is 1. The molecule has 0 radical (unpaired) electrons. The maximum Gasteiger partial charge on any atom is 0.337 e. The van der Waals surface area contributed by atoms with Crippen molar-refractivity contribution in [2.45, 2.75) is 6.92 Å². The molecule has 1 aliphatic rings. The lowest BCUT2D eigenvalue weighted by atomic mass is 10.1. The Balaban J connectivity index is 1.95. The van der Waals surface area contributed by atoms with Crippen molar-refractivity contribution >= 4 is 35.6 Å². The van der Waals surface area contributed by atoms with Crippen molar-refractivity contribution in [1.82, 2.24) is 5.32 Å². The van der Waals surface area contributed by atoms with Crippen LogP contribution in [0.25, 0.3) is 6.08 Å². The standard InChI is InChI=1S/C20H16N2O5/c1-12-4-3-5-15(10-12)22-18(24)16(17(23)21-20(22)26)11-13-6-8-14(9-7-13)19(25)27-2/h3-11H,1-2H3,(H,21,23,26)/b16-11-. The van der Waals surface area contributed by atoms with E-state index in [1.807, 2.05) is 13.0 Å². The fourth-order valence-electron chi connectivity index (χ4n) is 2.66. The highest BCUT2D eigenvalue weighted by Crippen LogP contribution is 2.22. The van der Waals surface area contributed by atoms with Gasteiger partial charge in [-0.05, 0) is 48.4 Å². The number of carbonyl (C=O) groups excluding carboxylic acids is 4. The molecular weight excluding hydrogens is 348 g/mol. The molecule has 7 heteroatoms. The summed E-state index contributed by atoms with van der Waals surface area (Å²) in [5.74, 6) is -1.98. The number of anilines is 1. The van der Waals surface area contributed by atoms with Crippen molar-refractivity contribution in [2.75, 3.05) is 12.0 Å². The third kappa shape index (κ3) is 3.62. The van der Waals surface area contributed by atoms with Gasteiger partial charge in [-0.1, -0.05) is 24.3 Å². The zero-order valence-electron chi connectivity index (χ0n) is 14.7. The highest BCUT2D eigenvalue weighted by Gasteiger charge is 2.36. The van der Waals surface area contributed by atoms with Gasteiger partial charge in [-0.2, -0.15) is 0 Å². The molecule has 1 N–H and O–H groups in total. The maximum atomic E-state index is 12.8. The second-order valence-corrected chi connectivity index (χ2v) is 5.91. The summed E-state index contributed by atoms with van der Waals surface area (Å²) in [5, 5.41) is 2.17. The van der Waals surface area contributed by atoms with Gasteiger partial charge in [0.1, 0.15) is 5.57 Å². The SMILES string of the molecule is COC(=O)c1ccc(/C=C2/C(=O)NC(=O)N(c3cccc(C)c3)C2=O)cc1. The number of urea groups is 1. The van der Waals surface area contributed by atoms with E-state index < -0.39 is 23.8 Å². The minimum Gasteiger partial charge on any atom is -0.465 e. The Hall–Kier alpha value is -3.74. The third-order valence-corrected chi connectivity index (χ3v) is 4.00. The minimum absolute atomic E-state index is 0.179. The zero-order valence-corrected chi connectivity index (χ0v) is 14.7. The molecule has 136 valence electrons. The second-order valence-electron chi connectivity index (χ2n) is 5.91. The molecule has 4 amide bonds. The van der Waals surface area contributed by atoms with Crippen LogP contribution < -0.4 is 10.2 Å². The predicted octanol–water partition coefficient (Wildman–Crippen LogP) is 2.45. The first-order chi connectivity index (χ1) is 12.9. The van der Waals surface area contributed by atoms with Gasteiger partial charge in [0.05, 0.1) is 18.4 Å². The largest absolute Gasteiger partial charge is 0.465 e. The number of methoxy groups -OCH3 is 1. The number of hydrogen-bond donors (Lipinski definition) is 1. The molecule has 0 spiro atoms. The van der Waals surface area contributed by atoms with Gasteiger partial charge in [-0.15, -0.1) is 0 Å². The topological polar surface area (TPSA) is 92.8 Å². The molecule has 0 aliphatic carbocycles. The fourth-order valence-corrected chi connectivity index (χ4v) is 2.66. The lowest BCUT2D eigenvalue weighted by molar-refractivity contribution is -0.122. The number of barbiturate groups is 1. The van der Waals surface area contributed by atoms with Crippen LogP contribution in [0.5, 0.6) is 0 Å². The lowest BCUT2D eigenvalue weighted by Crippen LogP contribution is -2.54. The van der Waals surface area contributed by atoms with Crippen molar-refractivity contribution in [3.05, 3.63) is 70.8 Å². The number of nitrogens with one attached hydrogen (secondary N) is 1. The number of nitrogens with zero attached hydrogens (tertiary/aromatic N) is 1. The van der Waals surface area contributed by atoms with Crippen LogP contribution >= 0.6 is 0 Å². The molecule has 3 rings (SSSR count). The summed E-state index contributed by atoms with van der Waals surface area (Å²) in [6, 6.07) is 12.2. The summed E-state index contributed by atoms with van der Waals surface area (Å²) in [6.45, 7) is 1.83. The van der Waals surface area contributed by atoms with E-state index in [0.717, 1.165) is 10.5 Å². The quantitative estimate of drug-likeness (QED) is 0.513. The van der Waals surface area contributed by atoms with Crippen LogP contribution in [0, 0.1) is 6.92 Å². The van der Waals surface area contributed by atoms with Crippen molar-refractivity contribution in [2.24, 2.45) is 0 Å². The first-order valence-electron chi connectivity index (χ1n) is 8.07. The van der Waals surface area contributed by atoms with E-state index in [9.17, 15) is 19.2 Å². The highest BCUT2D eigenvalue weighted by molar-refractivity contribution is 6.39. The van der Waals surface area contributed by atoms with E-state index in [-0.39, 0.29) is 5.57 Å². The molecule has 7 nitrogen and oxygen atoms in total. The number of ether oxygens (including phenoxy) is 1. The molecule has 27 heavy (non-hydrogen) atoms. The van der Waals surface area contributed by atoms with Crippen LogP contribution in [0.15, 0.2) is 54.1 Å². The lowest BCUT2D eigenvalue weighted by Gasteiger charge is -2.26. The summed E-state index contributed by atoms with van der Waals surface area (Å²) in [5.41, 5.74) is 1.93. The number of carbonyl (C=O) groups is 4. The molecule has 1 heterocycles. The summed E-state index contributed by atoms with van der Waals surface area (Å²) in [4.78, 5) is 49.5. The maximum absolute atomic E-state index is 12.8. The number of esters is 1. The predicted molar refractivity (Wildman–Crippen MR) is 98.0 cm³/mol. The molecule has 1 saturated heterocycles. The van der Waals surface area contributed by atoms with Crippen LogP contribution in [0.4, 0.5) is 10.5 Å². The summed E-state index contributed by atoms with van der Waals surface area (Å²) in [6.07, 6.45) is 1.37. The van der Waals surface area contributed by atoms with E-state index in [0.29, 0.717) is 16.8 Å². The van der Waals surface area contributed by atoms with Crippen molar-refractivity contribution < 1.29 is 23.9 Å². The van der Waals surface area contributed by atoms with Crippen LogP contribution in [0.2, 0.25) is 0 Å². The molecule has 0 atom stereocenters. The van der Waals surface area contributed by atoms with Crippen LogP contribution in [-0.2, 0) is 14.3 Å². The van der Waals surface area contributed by atoms with Crippen molar-refractivity contribution in [3.8, 4) is 0 Å². The smallest absolute Gasteiger partial charge is 0.337 e. The minimum atomic E-state index is -0.797. The summed E-state index contributed by atoms with van der Waals surface area (Å²) in [7, 11) is 1.28. The van der Waals surface area contributed by atoms with E-state index in [4.69, 9.17) is 0 Å². The number of hydrogen-bond acceptors (Lipinski definition) is 5. The number of imide groups is 2. The molecule has 2 aromatic carbocycles. The Bertz CT molecular complexity index is 976. The summed E-state index contributed by atoms with van der Waals surface area (Å²) >= 11 is 0. The Labute approximate surface area is 155 Å². The van der Waals surface area contributed by atoms with Crippen molar-refractivity contribution in [1.29, 1.82) is 0 Å². The number of benzene rings is 2. The third-order valence-electron chi connectivity index (χ3n) is 4.00. The second kappa shape index (κ2) is 7.25. The van der Waals surface area contributed by atoms with E-state index >= 15 is 0 Å². The van der Waals surface area contributed by atoms with Gasteiger partial charge >= 0.3 is 12.0 Å². The van der Waals surface area contributed by atoms with Gasteiger partial charge in [0.25, 0.3) is 11.8 Å². The molecule has 0 aromatic heterocycles. The Morgan fingerprint density at radius 2 is 1.78 bits per heavy atom. The Morgan fingerprint density at radius 1 is 1.07 bits per heavy atom. The number of amides is 4. The monoisotopic (exact) mass is 364 g/mol. The van der Waals surface area contributed by atoms with E-state index in [1.165, 1.54) is 25.3 Å². The average molecular weight is 364 g/mol. The normalized spacial score (nSPS) is 15.7. The van der Waals surface area contributed by atoms with Gasteiger partial charge in [-0.25, -0.2) is 14.5 Å². The average Bonchev–Trinajstić information content (AvgIpc) is 2.65. The molecule has 0 saturated carbocycles. The fraction of sp³-hybridized carbons (Fsp3) is 0.100. The molecule has 1 aliphatic heterocycles. The summed E-state index contributed by atoms with van der Waals surface area (Å²) < 4.78 is 4.63. The van der Waals surface area contributed by atoms with Gasteiger partial charge < -0.3 is 4.74 Å². The molecule has 2 aromatic rings. The van der Waals surface area contributed by atoms with E-state index in [2.05, 4.69) is 10.1 Å². The van der Waals surface area contributed by atoms with E-state index in [1.54, 1.807) is 30.3 Å². The van der Waals surface area contributed by atoms with Crippen LogP contribution in [0.3, 0.4) is 0 Å². The van der Waals surface area contributed by atoms with Gasteiger partial charge in [0.2, 0.25) is 0 Å². The molecule has 0 unspecified atom stereocenters. The first kappa shape index (κ1) is 18.1. The number of rotatable bonds is 3. The van der Waals surface area contributed by atoms with Gasteiger partial charge in [0.15, 0.2) is 0 Å². The molecular formula is C20H16N2O5. The van der Waals surface area contributed by atoms with Gasteiger partial charge in [-0.3, -0.25) is 14.9 Å².